The van der Waals surface area contributed by atoms with Crippen LogP contribution in [-0.4, -0.2) is 42.2 Å². The van der Waals surface area contributed by atoms with E-state index in [1.54, 1.807) is 0 Å². The minimum absolute atomic E-state index is 0.0864. The van der Waals surface area contributed by atoms with Crippen LogP contribution in [0.1, 0.15) is 34.8 Å². The van der Waals surface area contributed by atoms with Crippen molar-refractivity contribution in [3.05, 3.63) is 42.0 Å². The minimum Gasteiger partial charge on any atom is -0.339 e. The Morgan fingerprint density at radius 2 is 2.00 bits per heavy atom. The maximum atomic E-state index is 12.7. The molecule has 1 aliphatic rings. The molecular weight excluding hydrogens is 310 g/mol. The van der Waals surface area contributed by atoms with Crippen LogP contribution < -0.4 is 0 Å². The van der Waals surface area contributed by atoms with Crippen molar-refractivity contribution in [1.82, 2.24) is 23.2 Å². The standard InChI is InChI=1S/C16H17N5OS/c1-20-10-17-9-15(20)11-4-6-21(7-5-11)16(22)12-2-3-13-14(8-12)19-23-18-13/h2-3,8-11H,4-7H2,1H3. The van der Waals surface area contributed by atoms with Crippen LogP contribution in [0.25, 0.3) is 11.0 Å². The van der Waals surface area contributed by atoms with E-state index in [0.29, 0.717) is 11.5 Å². The molecule has 7 heteroatoms. The number of hydrogen-bond donors (Lipinski definition) is 0. The molecule has 0 saturated carbocycles. The fourth-order valence-electron chi connectivity index (χ4n) is 3.24. The smallest absolute Gasteiger partial charge is 0.253 e. The molecule has 1 saturated heterocycles. The molecule has 3 heterocycles. The number of benzene rings is 1. The summed E-state index contributed by atoms with van der Waals surface area (Å²) in [6.45, 7) is 1.56. The van der Waals surface area contributed by atoms with E-state index in [1.807, 2.05) is 42.7 Å². The number of fused-ring (bicyclic) bond motifs is 1. The lowest BCUT2D eigenvalue weighted by molar-refractivity contribution is 0.0711. The second kappa shape index (κ2) is 5.73. The Hall–Kier alpha value is -2.28. The van der Waals surface area contributed by atoms with Crippen molar-refractivity contribution in [2.24, 2.45) is 7.05 Å². The first-order valence-corrected chi connectivity index (χ1v) is 8.43. The zero-order valence-corrected chi connectivity index (χ0v) is 13.7. The van der Waals surface area contributed by atoms with Gasteiger partial charge in [0.15, 0.2) is 0 Å². The van der Waals surface area contributed by atoms with Crippen LogP contribution in [0, 0.1) is 0 Å². The third-order valence-corrected chi connectivity index (χ3v) is 5.11. The molecule has 1 aromatic carbocycles. The zero-order valence-electron chi connectivity index (χ0n) is 12.8. The summed E-state index contributed by atoms with van der Waals surface area (Å²) in [7, 11) is 2.02. The summed E-state index contributed by atoms with van der Waals surface area (Å²) in [5, 5.41) is 0. The van der Waals surface area contributed by atoms with Gasteiger partial charge in [-0.05, 0) is 31.0 Å². The van der Waals surface area contributed by atoms with Gasteiger partial charge in [-0.1, -0.05) is 0 Å². The van der Waals surface area contributed by atoms with Crippen LogP contribution in [0.3, 0.4) is 0 Å². The Bertz CT molecular complexity index is 847. The fraction of sp³-hybridized carbons (Fsp3) is 0.375. The Morgan fingerprint density at radius 3 is 2.74 bits per heavy atom. The topological polar surface area (TPSA) is 63.9 Å². The number of rotatable bonds is 2. The highest BCUT2D eigenvalue weighted by Crippen LogP contribution is 2.28. The molecule has 118 valence electrons. The van der Waals surface area contributed by atoms with E-state index in [2.05, 4.69) is 18.3 Å². The number of imidazole rings is 1. The van der Waals surface area contributed by atoms with Gasteiger partial charge in [0.25, 0.3) is 5.91 Å². The van der Waals surface area contributed by atoms with Crippen molar-refractivity contribution < 1.29 is 4.79 Å². The maximum Gasteiger partial charge on any atom is 0.253 e. The molecule has 0 aliphatic carbocycles. The SMILES string of the molecule is Cn1cncc1C1CCN(C(=O)c2ccc3nsnc3c2)CC1. The average molecular weight is 327 g/mol. The van der Waals surface area contributed by atoms with E-state index < -0.39 is 0 Å². The molecule has 3 aromatic rings. The molecule has 2 aromatic heterocycles. The molecule has 0 N–H and O–H groups in total. The quantitative estimate of drug-likeness (QED) is 0.725. The van der Waals surface area contributed by atoms with Gasteiger partial charge >= 0.3 is 0 Å². The molecule has 6 nitrogen and oxygen atoms in total. The van der Waals surface area contributed by atoms with Gasteiger partial charge in [0, 0.05) is 43.5 Å². The largest absolute Gasteiger partial charge is 0.339 e. The summed E-state index contributed by atoms with van der Waals surface area (Å²) in [6.07, 6.45) is 5.73. The maximum absolute atomic E-state index is 12.7. The van der Waals surface area contributed by atoms with E-state index in [4.69, 9.17) is 0 Å². The number of likely N-dealkylation sites (tertiary alicyclic amines) is 1. The van der Waals surface area contributed by atoms with E-state index in [1.165, 1.54) is 17.4 Å². The Labute approximate surface area is 138 Å². The number of hydrogen-bond acceptors (Lipinski definition) is 5. The second-order valence-corrected chi connectivity index (χ2v) is 6.49. The monoisotopic (exact) mass is 327 g/mol. The number of piperidine rings is 1. The van der Waals surface area contributed by atoms with Crippen LogP contribution >= 0.6 is 11.7 Å². The molecule has 1 amide bonds. The lowest BCUT2D eigenvalue weighted by Gasteiger charge is -2.32. The van der Waals surface area contributed by atoms with Gasteiger partial charge in [0.1, 0.15) is 11.0 Å². The van der Waals surface area contributed by atoms with Crippen molar-refractivity contribution in [2.75, 3.05) is 13.1 Å². The van der Waals surface area contributed by atoms with Gasteiger partial charge in [-0.25, -0.2) is 4.98 Å². The number of carbonyl (C=O) groups excluding carboxylic acids is 1. The summed E-state index contributed by atoms with van der Waals surface area (Å²) < 4.78 is 10.5. The lowest BCUT2D eigenvalue weighted by Crippen LogP contribution is -2.38. The highest BCUT2D eigenvalue weighted by molar-refractivity contribution is 7.00. The van der Waals surface area contributed by atoms with E-state index in [0.717, 1.165) is 37.0 Å². The molecule has 0 unspecified atom stereocenters. The predicted octanol–water partition coefficient (Wildman–Crippen LogP) is 2.44. The first-order chi connectivity index (χ1) is 11.2. The number of nitrogens with zero attached hydrogens (tertiary/aromatic N) is 5. The highest BCUT2D eigenvalue weighted by Gasteiger charge is 2.26. The molecular formula is C16H17N5OS. The third kappa shape index (κ3) is 2.61. The number of aromatic nitrogens is 4. The molecule has 4 rings (SSSR count). The average Bonchev–Trinajstić information content (AvgIpc) is 3.22. The first kappa shape index (κ1) is 14.3. The lowest BCUT2D eigenvalue weighted by atomic mass is 9.93. The van der Waals surface area contributed by atoms with Gasteiger partial charge in [-0.3, -0.25) is 4.79 Å². The second-order valence-electron chi connectivity index (χ2n) is 5.96. The van der Waals surface area contributed by atoms with E-state index in [-0.39, 0.29) is 5.91 Å². The van der Waals surface area contributed by atoms with Crippen LogP contribution in [0.2, 0.25) is 0 Å². The summed E-state index contributed by atoms with van der Waals surface area (Å²) in [5.74, 6) is 0.570. The number of amides is 1. The molecule has 0 radical (unpaired) electrons. The zero-order chi connectivity index (χ0) is 15.8. The molecule has 0 bridgehead atoms. The summed E-state index contributed by atoms with van der Waals surface area (Å²) in [5.41, 5.74) is 3.60. The van der Waals surface area contributed by atoms with Gasteiger partial charge in [0.05, 0.1) is 18.1 Å². The van der Waals surface area contributed by atoms with Crippen molar-refractivity contribution in [3.8, 4) is 0 Å². The first-order valence-electron chi connectivity index (χ1n) is 7.70. The predicted molar refractivity (Wildman–Crippen MR) is 88.5 cm³/mol. The van der Waals surface area contributed by atoms with Gasteiger partial charge in [-0.2, -0.15) is 8.75 Å². The highest BCUT2D eigenvalue weighted by atomic mass is 32.1. The van der Waals surface area contributed by atoms with E-state index in [9.17, 15) is 4.79 Å². The third-order valence-electron chi connectivity index (χ3n) is 4.56. The Morgan fingerprint density at radius 1 is 1.22 bits per heavy atom. The summed E-state index contributed by atoms with van der Waals surface area (Å²) >= 11 is 1.18. The molecule has 0 spiro atoms. The minimum atomic E-state index is 0.0864. The summed E-state index contributed by atoms with van der Waals surface area (Å²) in [6, 6.07) is 5.56. The molecule has 23 heavy (non-hydrogen) atoms. The summed E-state index contributed by atoms with van der Waals surface area (Å²) in [4.78, 5) is 18.8. The van der Waals surface area contributed by atoms with E-state index >= 15 is 0 Å². The van der Waals surface area contributed by atoms with Crippen molar-refractivity contribution in [3.63, 3.8) is 0 Å². The van der Waals surface area contributed by atoms with Crippen molar-refractivity contribution in [2.45, 2.75) is 18.8 Å². The number of carbonyl (C=O) groups is 1. The Kier molecular flexibility index (Phi) is 3.57. The molecule has 0 atom stereocenters. The van der Waals surface area contributed by atoms with Gasteiger partial charge < -0.3 is 9.47 Å². The normalized spacial score (nSPS) is 16.1. The van der Waals surface area contributed by atoms with Crippen LogP contribution in [0.15, 0.2) is 30.7 Å². The van der Waals surface area contributed by atoms with Crippen LogP contribution in [0.4, 0.5) is 0 Å². The molecule has 1 aliphatic heterocycles. The van der Waals surface area contributed by atoms with Crippen molar-refractivity contribution in [1.29, 1.82) is 0 Å². The Balaban J connectivity index is 1.47. The van der Waals surface area contributed by atoms with Crippen LogP contribution in [-0.2, 0) is 7.05 Å². The van der Waals surface area contributed by atoms with Gasteiger partial charge in [0.2, 0.25) is 0 Å². The van der Waals surface area contributed by atoms with Crippen molar-refractivity contribution >= 4 is 28.7 Å². The number of aryl methyl sites for hydroxylation is 1. The fourth-order valence-corrected chi connectivity index (χ4v) is 3.75. The molecule has 1 fully saturated rings. The van der Waals surface area contributed by atoms with Crippen LogP contribution in [0.5, 0.6) is 0 Å². The van der Waals surface area contributed by atoms with Gasteiger partial charge in [-0.15, -0.1) is 0 Å².